The Kier molecular flexibility index (Phi) is 4.00. The fraction of sp³-hybridized carbons (Fsp3) is 0.562. The second-order valence-corrected chi connectivity index (χ2v) is 6.05. The maximum absolute atomic E-state index is 12.6. The number of aryl methyl sites for hydroxylation is 3. The molecule has 1 fully saturated rings. The Hall–Kier alpha value is -2.11. The van der Waals surface area contributed by atoms with E-state index in [4.69, 9.17) is 0 Å². The van der Waals surface area contributed by atoms with E-state index in [9.17, 15) is 4.79 Å². The molecule has 118 valence electrons. The van der Waals surface area contributed by atoms with Gasteiger partial charge in [0.2, 0.25) is 0 Å². The van der Waals surface area contributed by atoms with Gasteiger partial charge in [0.1, 0.15) is 11.5 Å². The molecule has 1 amide bonds. The lowest BCUT2D eigenvalue weighted by Gasteiger charge is -2.15. The molecular formula is C16H23N5O. The van der Waals surface area contributed by atoms with Gasteiger partial charge in [-0.15, -0.1) is 0 Å². The average molecular weight is 301 g/mol. The zero-order valence-corrected chi connectivity index (χ0v) is 13.5. The number of hydrogen-bond acceptors (Lipinski definition) is 3. The Morgan fingerprint density at radius 3 is 2.95 bits per heavy atom. The van der Waals surface area contributed by atoms with E-state index < -0.39 is 0 Å². The number of amides is 1. The summed E-state index contributed by atoms with van der Waals surface area (Å²) < 4.78 is 3.91. The molecule has 1 atom stereocenters. The summed E-state index contributed by atoms with van der Waals surface area (Å²) in [4.78, 5) is 19.0. The van der Waals surface area contributed by atoms with Crippen molar-refractivity contribution in [3.8, 4) is 0 Å². The van der Waals surface area contributed by atoms with Crippen LogP contribution in [0.25, 0.3) is 0 Å². The van der Waals surface area contributed by atoms with Crippen molar-refractivity contribution < 1.29 is 4.79 Å². The van der Waals surface area contributed by atoms with E-state index in [1.807, 2.05) is 42.0 Å². The maximum atomic E-state index is 12.6. The molecule has 0 saturated carbocycles. The molecule has 0 aromatic carbocycles. The molecule has 22 heavy (non-hydrogen) atoms. The van der Waals surface area contributed by atoms with Crippen molar-refractivity contribution in [1.29, 1.82) is 0 Å². The fourth-order valence-corrected chi connectivity index (χ4v) is 3.16. The van der Waals surface area contributed by atoms with Gasteiger partial charge in [-0.1, -0.05) is 6.92 Å². The molecule has 0 radical (unpaired) electrons. The topological polar surface area (TPSA) is 56.0 Å². The Morgan fingerprint density at radius 1 is 1.45 bits per heavy atom. The average Bonchev–Trinajstić information content (AvgIpc) is 3.18. The monoisotopic (exact) mass is 301 g/mol. The summed E-state index contributed by atoms with van der Waals surface area (Å²) in [6.45, 7) is 6.45. The third kappa shape index (κ3) is 2.77. The van der Waals surface area contributed by atoms with E-state index >= 15 is 0 Å². The zero-order valence-electron chi connectivity index (χ0n) is 13.5. The van der Waals surface area contributed by atoms with Gasteiger partial charge in [0.05, 0.1) is 5.69 Å². The predicted octanol–water partition coefficient (Wildman–Crippen LogP) is 1.96. The van der Waals surface area contributed by atoms with Gasteiger partial charge >= 0.3 is 0 Å². The summed E-state index contributed by atoms with van der Waals surface area (Å²) in [5, 5.41) is 4.37. The van der Waals surface area contributed by atoms with Crippen LogP contribution in [0.1, 0.15) is 47.7 Å². The van der Waals surface area contributed by atoms with Gasteiger partial charge < -0.3 is 9.47 Å². The molecule has 1 aliphatic heterocycles. The van der Waals surface area contributed by atoms with Gasteiger partial charge in [0.15, 0.2) is 0 Å². The van der Waals surface area contributed by atoms with Gasteiger partial charge in [0.25, 0.3) is 5.91 Å². The van der Waals surface area contributed by atoms with Crippen molar-refractivity contribution in [2.24, 2.45) is 7.05 Å². The number of nitrogens with zero attached hydrogens (tertiary/aromatic N) is 5. The summed E-state index contributed by atoms with van der Waals surface area (Å²) in [7, 11) is 2.02. The van der Waals surface area contributed by atoms with E-state index in [1.54, 1.807) is 0 Å². The first-order valence-electron chi connectivity index (χ1n) is 7.91. The molecule has 0 unspecified atom stereocenters. The SMILES string of the molecule is CCCn1ccc(C(=O)N2CC[C@@H](c3nc(C)cn3C)C2)n1. The fourth-order valence-electron chi connectivity index (χ4n) is 3.16. The molecule has 1 saturated heterocycles. The smallest absolute Gasteiger partial charge is 0.274 e. The Bertz CT molecular complexity index is 672. The van der Waals surface area contributed by atoms with E-state index in [0.717, 1.165) is 44.0 Å². The largest absolute Gasteiger partial charge is 0.337 e. The molecule has 2 aromatic rings. The van der Waals surface area contributed by atoms with Crippen LogP contribution in [0.15, 0.2) is 18.5 Å². The van der Waals surface area contributed by atoms with Crippen LogP contribution in [-0.4, -0.2) is 43.2 Å². The zero-order chi connectivity index (χ0) is 15.7. The van der Waals surface area contributed by atoms with Crippen molar-refractivity contribution in [2.45, 2.75) is 39.2 Å². The van der Waals surface area contributed by atoms with Crippen molar-refractivity contribution in [1.82, 2.24) is 24.2 Å². The Labute approximate surface area is 130 Å². The molecule has 3 heterocycles. The lowest BCUT2D eigenvalue weighted by Crippen LogP contribution is -2.29. The second kappa shape index (κ2) is 5.94. The molecule has 3 rings (SSSR count). The summed E-state index contributed by atoms with van der Waals surface area (Å²) in [6, 6.07) is 1.82. The van der Waals surface area contributed by atoms with Crippen LogP contribution < -0.4 is 0 Å². The van der Waals surface area contributed by atoms with Gasteiger partial charge in [-0.2, -0.15) is 5.10 Å². The van der Waals surface area contributed by atoms with E-state index in [2.05, 4.69) is 21.6 Å². The highest BCUT2D eigenvalue weighted by atomic mass is 16.2. The number of imidazole rings is 1. The van der Waals surface area contributed by atoms with Crippen LogP contribution in [0.5, 0.6) is 0 Å². The number of aromatic nitrogens is 4. The molecule has 2 aromatic heterocycles. The molecular weight excluding hydrogens is 278 g/mol. The highest BCUT2D eigenvalue weighted by Gasteiger charge is 2.31. The maximum Gasteiger partial charge on any atom is 0.274 e. The number of rotatable bonds is 4. The summed E-state index contributed by atoms with van der Waals surface area (Å²) in [6.07, 6.45) is 5.89. The van der Waals surface area contributed by atoms with Crippen molar-refractivity contribution in [3.05, 3.63) is 35.7 Å². The minimum atomic E-state index is 0.0308. The van der Waals surface area contributed by atoms with Crippen LogP contribution >= 0.6 is 0 Å². The Balaban J connectivity index is 1.69. The summed E-state index contributed by atoms with van der Waals surface area (Å²) in [5.41, 5.74) is 1.57. The normalized spacial score (nSPS) is 18.1. The van der Waals surface area contributed by atoms with Gasteiger partial charge in [-0.05, 0) is 25.8 Å². The molecule has 1 aliphatic rings. The van der Waals surface area contributed by atoms with Crippen molar-refractivity contribution in [3.63, 3.8) is 0 Å². The highest BCUT2D eigenvalue weighted by Crippen LogP contribution is 2.27. The van der Waals surface area contributed by atoms with Crippen LogP contribution in [0.3, 0.4) is 0 Å². The molecule has 0 N–H and O–H groups in total. The van der Waals surface area contributed by atoms with Crippen LogP contribution in [0.2, 0.25) is 0 Å². The van der Waals surface area contributed by atoms with Crippen LogP contribution in [0.4, 0.5) is 0 Å². The van der Waals surface area contributed by atoms with Crippen LogP contribution in [0, 0.1) is 6.92 Å². The third-order valence-corrected chi connectivity index (χ3v) is 4.19. The molecule has 6 nitrogen and oxygen atoms in total. The highest BCUT2D eigenvalue weighted by molar-refractivity contribution is 5.92. The number of hydrogen-bond donors (Lipinski definition) is 0. The van der Waals surface area contributed by atoms with Crippen LogP contribution in [-0.2, 0) is 13.6 Å². The van der Waals surface area contributed by atoms with E-state index in [-0.39, 0.29) is 5.91 Å². The minimum Gasteiger partial charge on any atom is -0.337 e. The second-order valence-electron chi connectivity index (χ2n) is 6.05. The lowest BCUT2D eigenvalue weighted by molar-refractivity contribution is 0.0783. The van der Waals surface area contributed by atoms with Gasteiger partial charge in [-0.3, -0.25) is 9.48 Å². The third-order valence-electron chi connectivity index (χ3n) is 4.19. The first-order valence-corrected chi connectivity index (χ1v) is 7.91. The molecule has 0 spiro atoms. The molecule has 6 heteroatoms. The van der Waals surface area contributed by atoms with E-state index in [0.29, 0.717) is 11.6 Å². The number of likely N-dealkylation sites (tertiary alicyclic amines) is 1. The lowest BCUT2D eigenvalue weighted by atomic mass is 10.1. The molecule has 0 bridgehead atoms. The Morgan fingerprint density at radius 2 is 2.27 bits per heavy atom. The molecule has 0 aliphatic carbocycles. The first kappa shape index (κ1) is 14.8. The van der Waals surface area contributed by atoms with Gasteiger partial charge in [0, 0.05) is 45.0 Å². The van der Waals surface area contributed by atoms with Crippen molar-refractivity contribution >= 4 is 5.91 Å². The quantitative estimate of drug-likeness (QED) is 0.867. The van der Waals surface area contributed by atoms with Crippen molar-refractivity contribution in [2.75, 3.05) is 13.1 Å². The standard InChI is InChI=1S/C16H23N5O/c1-4-7-21-9-6-14(18-21)16(22)20-8-5-13(11-20)15-17-12(2)10-19(15)3/h6,9-10,13H,4-5,7-8,11H2,1-3H3/t13-/m1/s1. The summed E-state index contributed by atoms with van der Waals surface area (Å²) in [5.74, 6) is 1.42. The first-order chi connectivity index (χ1) is 10.6. The van der Waals surface area contributed by atoms with Gasteiger partial charge in [-0.25, -0.2) is 4.98 Å². The predicted molar refractivity (Wildman–Crippen MR) is 83.7 cm³/mol. The number of carbonyl (C=O) groups excluding carboxylic acids is 1. The van der Waals surface area contributed by atoms with E-state index in [1.165, 1.54) is 0 Å². The summed E-state index contributed by atoms with van der Waals surface area (Å²) >= 11 is 0. The number of carbonyl (C=O) groups is 1. The minimum absolute atomic E-state index is 0.0308.